The number of aromatic nitrogens is 1. The number of hydrogen-bond donors (Lipinski definition) is 0. The van der Waals surface area contributed by atoms with Gasteiger partial charge in [-0.05, 0) is 17.7 Å². The van der Waals surface area contributed by atoms with E-state index in [1.165, 1.54) is 23.8 Å². The van der Waals surface area contributed by atoms with Crippen molar-refractivity contribution in [2.75, 3.05) is 0 Å². The average molecular weight is 281 g/mol. The summed E-state index contributed by atoms with van der Waals surface area (Å²) >= 11 is 7.00. The number of rotatable bonds is 3. The quantitative estimate of drug-likeness (QED) is 0.810. The van der Waals surface area contributed by atoms with Crippen LogP contribution < -0.4 is 0 Å². The van der Waals surface area contributed by atoms with E-state index in [0.717, 1.165) is 17.4 Å². The first kappa shape index (κ1) is 12.7. The minimum atomic E-state index is -1.04. The maximum atomic E-state index is 12.9. The van der Waals surface area contributed by atoms with Gasteiger partial charge in [0.15, 0.2) is 5.78 Å². The second-order valence-electron chi connectivity index (χ2n) is 3.46. The maximum Gasteiger partial charge on any atom is 0.196 e. The number of carbonyl (C=O) groups is 1. The number of benzene rings is 1. The van der Waals surface area contributed by atoms with Gasteiger partial charge in [-0.2, -0.15) is 5.26 Å². The third-order valence-electron chi connectivity index (χ3n) is 2.34. The summed E-state index contributed by atoms with van der Waals surface area (Å²) in [5.41, 5.74) is 1.81. The molecule has 0 radical (unpaired) electrons. The zero-order chi connectivity index (χ0) is 13.1. The van der Waals surface area contributed by atoms with E-state index >= 15 is 0 Å². The van der Waals surface area contributed by atoms with Crippen LogP contribution in [-0.2, 0) is 0 Å². The molecular weight excluding hydrogens is 275 g/mol. The molecule has 0 fully saturated rings. The third-order valence-corrected chi connectivity index (χ3v) is 3.45. The number of nitrogens with zero attached hydrogens (tertiary/aromatic N) is 2. The predicted octanol–water partition coefficient (Wildman–Crippen LogP) is 3.43. The molecule has 18 heavy (non-hydrogen) atoms. The van der Waals surface area contributed by atoms with E-state index in [2.05, 4.69) is 4.98 Å². The molecule has 0 saturated carbocycles. The lowest BCUT2D eigenvalue weighted by molar-refractivity contribution is 0.0982. The van der Waals surface area contributed by atoms with E-state index in [-0.39, 0.29) is 10.8 Å². The van der Waals surface area contributed by atoms with Crippen molar-refractivity contribution in [3.63, 3.8) is 0 Å². The van der Waals surface area contributed by atoms with Crippen LogP contribution in [0, 0.1) is 17.1 Å². The molecule has 0 aliphatic rings. The molecule has 1 unspecified atom stereocenters. The zero-order valence-electron chi connectivity index (χ0n) is 8.93. The van der Waals surface area contributed by atoms with Gasteiger partial charge in [0.2, 0.25) is 0 Å². The van der Waals surface area contributed by atoms with Gasteiger partial charge in [0, 0.05) is 11.2 Å². The van der Waals surface area contributed by atoms with E-state index in [0.29, 0.717) is 10.4 Å². The standard InChI is InChI=1S/C12H6ClFN2OS/c13-10-3-7(14)1-2-8(10)9(4-15)12(17)11-5-16-6-18-11/h1-3,5-6,9H. The van der Waals surface area contributed by atoms with Crippen molar-refractivity contribution in [1.82, 2.24) is 4.98 Å². The molecule has 2 aromatic rings. The molecule has 0 N–H and O–H groups in total. The molecule has 0 spiro atoms. The van der Waals surface area contributed by atoms with Crippen LogP contribution in [0.2, 0.25) is 5.02 Å². The molecule has 1 aromatic carbocycles. The summed E-state index contributed by atoms with van der Waals surface area (Å²) in [7, 11) is 0. The second kappa shape index (κ2) is 5.25. The Morgan fingerprint density at radius 3 is 2.89 bits per heavy atom. The zero-order valence-corrected chi connectivity index (χ0v) is 10.5. The van der Waals surface area contributed by atoms with Crippen LogP contribution in [0.3, 0.4) is 0 Å². The van der Waals surface area contributed by atoms with Gasteiger partial charge in [0.25, 0.3) is 0 Å². The van der Waals surface area contributed by atoms with Gasteiger partial charge >= 0.3 is 0 Å². The highest BCUT2D eigenvalue weighted by Gasteiger charge is 2.25. The summed E-state index contributed by atoms with van der Waals surface area (Å²) in [6.07, 6.45) is 1.40. The van der Waals surface area contributed by atoms with Crippen LogP contribution in [0.25, 0.3) is 0 Å². The Kier molecular flexibility index (Phi) is 3.70. The molecule has 2 rings (SSSR count). The number of hydrogen-bond acceptors (Lipinski definition) is 4. The molecule has 0 aliphatic heterocycles. The fourth-order valence-corrected chi connectivity index (χ4v) is 2.35. The highest BCUT2D eigenvalue weighted by molar-refractivity contribution is 7.11. The van der Waals surface area contributed by atoms with Crippen molar-refractivity contribution < 1.29 is 9.18 Å². The molecule has 6 heteroatoms. The number of Topliss-reactive ketones (excluding diaryl/α,β-unsaturated/α-hetero) is 1. The SMILES string of the molecule is N#CC(C(=O)c1cncs1)c1ccc(F)cc1Cl. The second-order valence-corrected chi connectivity index (χ2v) is 4.75. The molecule has 90 valence electrons. The van der Waals surface area contributed by atoms with Crippen molar-refractivity contribution >= 4 is 28.7 Å². The van der Waals surface area contributed by atoms with Crippen molar-refractivity contribution in [1.29, 1.82) is 5.26 Å². The fraction of sp³-hybridized carbons (Fsp3) is 0.0833. The molecular formula is C12H6ClFN2OS. The van der Waals surface area contributed by atoms with E-state index in [1.807, 2.05) is 6.07 Å². The molecule has 0 saturated heterocycles. The largest absolute Gasteiger partial charge is 0.291 e. The van der Waals surface area contributed by atoms with Gasteiger partial charge in [-0.25, -0.2) is 4.39 Å². The molecule has 0 amide bonds. The van der Waals surface area contributed by atoms with Crippen molar-refractivity contribution in [2.24, 2.45) is 0 Å². The summed E-state index contributed by atoms with van der Waals surface area (Å²) in [5, 5.41) is 9.17. The van der Waals surface area contributed by atoms with Gasteiger partial charge in [-0.1, -0.05) is 17.7 Å². The van der Waals surface area contributed by atoms with Gasteiger partial charge < -0.3 is 0 Å². The van der Waals surface area contributed by atoms with E-state index in [1.54, 1.807) is 0 Å². The Labute approximate surface area is 111 Å². The average Bonchev–Trinajstić information content (AvgIpc) is 2.86. The first-order valence-corrected chi connectivity index (χ1v) is 6.16. The van der Waals surface area contributed by atoms with E-state index < -0.39 is 11.7 Å². The van der Waals surface area contributed by atoms with Crippen LogP contribution in [0.15, 0.2) is 29.9 Å². The Morgan fingerprint density at radius 2 is 2.33 bits per heavy atom. The van der Waals surface area contributed by atoms with Gasteiger partial charge in [0.05, 0.1) is 16.5 Å². The highest BCUT2D eigenvalue weighted by atomic mass is 35.5. The van der Waals surface area contributed by atoms with Crippen LogP contribution in [0.4, 0.5) is 4.39 Å². The minimum Gasteiger partial charge on any atom is -0.291 e. The van der Waals surface area contributed by atoms with Crippen LogP contribution >= 0.6 is 22.9 Å². The number of halogens is 2. The van der Waals surface area contributed by atoms with E-state index in [9.17, 15) is 9.18 Å². The lowest BCUT2D eigenvalue weighted by Gasteiger charge is -2.08. The lowest BCUT2D eigenvalue weighted by atomic mass is 9.95. The number of carbonyl (C=O) groups excluding carboxylic acids is 1. The van der Waals surface area contributed by atoms with Gasteiger partial charge in [-0.15, -0.1) is 11.3 Å². The van der Waals surface area contributed by atoms with Gasteiger partial charge in [0.1, 0.15) is 11.7 Å². The summed E-state index contributed by atoms with van der Waals surface area (Å²) < 4.78 is 12.9. The molecule has 1 aromatic heterocycles. The summed E-state index contributed by atoms with van der Waals surface area (Å²) in [4.78, 5) is 16.2. The fourth-order valence-electron chi connectivity index (χ4n) is 1.48. The van der Waals surface area contributed by atoms with Crippen molar-refractivity contribution in [2.45, 2.75) is 5.92 Å². The first-order valence-electron chi connectivity index (χ1n) is 4.90. The Hall–Kier alpha value is -1.77. The Balaban J connectivity index is 2.41. The van der Waals surface area contributed by atoms with Crippen LogP contribution in [0.1, 0.15) is 21.2 Å². The highest BCUT2D eigenvalue weighted by Crippen LogP contribution is 2.28. The monoisotopic (exact) mass is 280 g/mol. The topological polar surface area (TPSA) is 53.8 Å². The third kappa shape index (κ3) is 2.40. The lowest BCUT2D eigenvalue weighted by Crippen LogP contribution is -2.10. The van der Waals surface area contributed by atoms with Crippen molar-refractivity contribution in [3.8, 4) is 6.07 Å². The summed E-state index contributed by atoms with van der Waals surface area (Å²) in [6.45, 7) is 0. The number of thiazole rings is 1. The molecule has 1 atom stereocenters. The molecule has 1 heterocycles. The van der Waals surface area contributed by atoms with Crippen LogP contribution in [0.5, 0.6) is 0 Å². The molecule has 0 aliphatic carbocycles. The van der Waals surface area contributed by atoms with Crippen LogP contribution in [-0.4, -0.2) is 10.8 Å². The number of ketones is 1. The van der Waals surface area contributed by atoms with Crippen molar-refractivity contribution in [3.05, 3.63) is 51.2 Å². The Bertz CT molecular complexity index is 622. The molecule has 0 bridgehead atoms. The number of nitriles is 1. The van der Waals surface area contributed by atoms with Gasteiger partial charge in [-0.3, -0.25) is 9.78 Å². The molecule has 3 nitrogen and oxygen atoms in total. The summed E-state index contributed by atoms with van der Waals surface area (Å²) in [6, 6.07) is 5.50. The summed E-state index contributed by atoms with van der Waals surface area (Å²) in [5.74, 6) is -1.93. The maximum absolute atomic E-state index is 12.9. The smallest absolute Gasteiger partial charge is 0.196 e. The Morgan fingerprint density at radius 1 is 1.56 bits per heavy atom. The predicted molar refractivity (Wildman–Crippen MR) is 66.2 cm³/mol. The minimum absolute atomic E-state index is 0.0689. The van der Waals surface area contributed by atoms with E-state index in [4.69, 9.17) is 16.9 Å². The first-order chi connectivity index (χ1) is 8.63. The normalized spacial score (nSPS) is 11.8.